The van der Waals surface area contributed by atoms with E-state index in [-0.39, 0.29) is 0 Å². The zero-order chi connectivity index (χ0) is 14.5. The first kappa shape index (κ1) is 15.4. The molecule has 7 nitrogen and oxygen atoms in total. The summed E-state index contributed by atoms with van der Waals surface area (Å²) < 4.78 is 0. The standard InChI is InChI=1S/C12H24N6O/c1-6-7-12(2,19)8-14-10-15-9(13-3)16-11(17-10)18(4)5/h19H,6-8H2,1-5H3,(H2,13,14,15,16,17). The molecule has 0 saturated carbocycles. The first-order valence-electron chi connectivity index (χ1n) is 6.45. The molecule has 0 radical (unpaired) electrons. The van der Waals surface area contributed by atoms with Crippen LogP contribution in [0.15, 0.2) is 0 Å². The Hall–Kier alpha value is -1.63. The maximum Gasteiger partial charge on any atom is 0.231 e. The van der Waals surface area contributed by atoms with Crippen LogP contribution in [-0.2, 0) is 0 Å². The van der Waals surface area contributed by atoms with Crippen molar-refractivity contribution in [2.75, 3.05) is 43.2 Å². The predicted octanol–water partition coefficient (Wildman–Crippen LogP) is 0.942. The summed E-state index contributed by atoms with van der Waals surface area (Å²) in [6.07, 6.45) is 1.65. The third-order valence-corrected chi connectivity index (χ3v) is 2.66. The van der Waals surface area contributed by atoms with Gasteiger partial charge in [-0.2, -0.15) is 15.0 Å². The Kier molecular flexibility index (Phi) is 5.29. The molecule has 0 spiro atoms. The van der Waals surface area contributed by atoms with E-state index in [1.807, 2.05) is 21.0 Å². The number of anilines is 3. The summed E-state index contributed by atoms with van der Waals surface area (Å²) in [5, 5.41) is 16.1. The lowest BCUT2D eigenvalue weighted by molar-refractivity contribution is 0.0635. The van der Waals surface area contributed by atoms with E-state index in [2.05, 4.69) is 25.6 Å². The van der Waals surface area contributed by atoms with Gasteiger partial charge in [-0.3, -0.25) is 0 Å². The Morgan fingerprint density at radius 2 is 1.84 bits per heavy atom. The van der Waals surface area contributed by atoms with Gasteiger partial charge in [0.15, 0.2) is 0 Å². The highest BCUT2D eigenvalue weighted by Gasteiger charge is 2.19. The molecule has 0 aliphatic carbocycles. The predicted molar refractivity (Wildman–Crippen MR) is 77.7 cm³/mol. The molecule has 7 heteroatoms. The second kappa shape index (κ2) is 6.51. The monoisotopic (exact) mass is 268 g/mol. The van der Waals surface area contributed by atoms with Crippen molar-refractivity contribution in [3.8, 4) is 0 Å². The van der Waals surface area contributed by atoms with Gasteiger partial charge >= 0.3 is 0 Å². The largest absolute Gasteiger partial charge is 0.388 e. The Labute approximate surface area is 114 Å². The minimum atomic E-state index is -0.764. The molecule has 0 saturated heterocycles. The minimum absolute atomic E-state index is 0.404. The quantitative estimate of drug-likeness (QED) is 0.678. The average molecular weight is 268 g/mol. The van der Waals surface area contributed by atoms with Gasteiger partial charge in [0.25, 0.3) is 0 Å². The van der Waals surface area contributed by atoms with E-state index in [4.69, 9.17) is 0 Å². The lowest BCUT2D eigenvalue weighted by atomic mass is 10.0. The van der Waals surface area contributed by atoms with Gasteiger partial charge in [-0.1, -0.05) is 13.3 Å². The summed E-state index contributed by atoms with van der Waals surface area (Å²) in [7, 11) is 5.49. The van der Waals surface area contributed by atoms with Crippen LogP contribution in [-0.4, -0.2) is 53.3 Å². The van der Waals surface area contributed by atoms with Crippen molar-refractivity contribution in [1.29, 1.82) is 0 Å². The van der Waals surface area contributed by atoms with Gasteiger partial charge in [-0.05, 0) is 13.3 Å². The van der Waals surface area contributed by atoms with E-state index in [0.717, 1.165) is 12.8 Å². The first-order valence-corrected chi connectivity index (χ1v) is 6.45. The van der Waals surface area contributed by atoms with Crippen molar-refractivity contribution in [1.82, 2.24) is 15.0 Å². The van der Waals surface area contributed by atoms with E-state index < -0.39 is 5.60 Å². The van der Waals surface area contributed by atoms with E-state index in [9.17, 15) is 5.11 Å². The molecule has 3 N–H and O–H groups in total. The summed E-state index contributed by atoms with van der Waals surface area (Å²) in [5.74, 6) is 1.52. The second-order valence-electron chi connectivity index (χ2n) is 5.03. The first-order chi connectivity index (χ1) is 8.88. The maximum atomic E-state index is 10.1. The summed E-state index contributed by atoms with van der Waals surface area (Å²) >= 11 is 0. The fourth-order valence-electron chi connectivity index (χ4n) is 1.65. The number of rotatable bonds is 7. The maximum absolute atomic E-state index is 10.1. The number of hydrogen-bond donors (Lipinski definition) is 3. The van der Waals surface area contributed by atoms with Gasteiger partial charge in [-0.25, -0.2) is 0 Å². The fraction of sp³-hybridized carbons (Fsp3) is 0.750. The zero-order valence-electron chi connectivity index (χ0n) is 12.4. The van der Waals surface area contributed by atoms with Crippen molar-refractivity contribution in [3.63, 3.8) is 0 Å². The molecule has 1 unspecified atom stereocenters. The van der Waals surface area contributed by atoms with Gasteiger partial charge in [0.2, 0.25) is 17.8 Å². The fourth-order valence-corrected chi connectivity index (χ4v) is 1.65. The number of aromatic nitrogens is 3. The van der Waals surface area contributed by atoms with Crippen molar-refractivity contribution >= 4 is 17.8 Å². The molecule has 19 heavy (non-hydrogen) atoms. The Balaban J connectivity index is 2.80. The van der Waals surface area contributed by atoms with Crippen LogP contribution in [0.25, 0.3) is 0 Å². The number of nitrogens with zero attached hydrogens (tertiary/aromatic N) is 4. The molecular weight excluding hydrogens is 244 g/mol. The Morgan fingerprint density at radius 1 is 1.21 bits per heavy atom. The molecule has 1 rings (SSSR count). The third kappa shape index (κ3) is 4.86. The smallest absolute Gasteiger partial charge is 0.231 e. The number of nitrogens with one attached hydrogen (secondary N) is 2. The Morgan fingerprint density at radius 3 is 2.37 bits per heavy atom. The molecule has 108 valence electrons. The van der Waals surface area contributed by atoms with Crippen molar-refractivity contribution in [2.45, 2.75) is 32.3 Å². The zero-order valence-corrected chi connectivity index (χ0v) is 12.4. The molecule has 1 aromatic heterocycles. The molecule has 0 aromatic carbocycles. The third-order valence-electron chi connectivity index (χ3n) is 2.66. The average Bonchev–Trinajstić information content (AvgIpc) is 2.36. The van der Waals surface area contributed by atoms with Crippen LogP contribution in [0.5, 0.6) is 0 Å². The lowest BCUT2D eigenvalue weighted by Gasteiger charge is -2.23. The lowest BCUT2D eigenvalue weighted by Crippen LogP contribution is -2.33. The molecule has 1 atom stereocenters. The van der Waals surface area contributed by atoms with E-state index in [0.29, 0.717) is 24.4 Å². The molecular formula is C12H24N6O. The molecule has 1 aromatic rings. The van der Waals surface area contributed by atoms with Crippen LogP contribution in [0.1, 0.15) is 26.7 Å². The molecule has 0 aliphatic heterocycles. The highest BCUT2D eigenvalue weighted by Crippen LogP contribution is 2.15. The van der Waals surface area contributed by atoms with Gasteiger partial charge in [0, 0.05) is 27.7 Å². The number of hydrogen-bond acceptors (Lipinski definition) is 7. The van der Waals surface area contributed by atoms with Gasteiger partial charge in [0.1, 0.15) is 0 Å². The molecule has 0 fully saturated rings. The molecule has 0 amide bonds. The van der Waals surface area contributed by atoms with Crippen LogP contribution < -0.4 is 15.5 Å². The van der Waals surface area contributed by atoms with Gasteiger partial charge in [0.05, 0.1) is 5.60 Å². The van der Waals surface area contributed by atoms with E-state index >= 15 is 0 Å². The van der Waals surface area contributed by atoms with Gasteiger partial charge < -0.3 is 20.6 Å². The van der Waals surface area contributed by atoms with Crippen LogP contribution in [0.4, 0.5) is 17.8 Å². The second-order valence-corrected chi connectivity index (χ2v) is 5.03. The minimum Gasteiger partial charge on any atom is -0.388 e. The summed E-state index contributed by atoms with van der Waals surface area (Å²) in [5.41, 5.74) is -0.764. The molecule has 0 bridgehead atoms. The molecule has 1 heterocycles. The number of aliphatic hydroxyl groups is 1. The van der Waals surface area contributed by atoms with Crippen molar-refractivity contribution < 1.29 is 5.11 Å². The molecule has 0 aliphatic rings. The summed E-state index contributed by atoms with van der Waals surface area (Å²) in [4.78, 5) is 14.5. The van der Waals surface area contributed by atoms with Crippen LogP contribution in [0.3, 0.4) is 0 Å². The van der Waals surface area contributed by atoms with Crippen molar-refractivity contribution in [2.24, 2.45) is 0 Å². The topological polar surface area (TPSA) is 86.2 Å². The van der Waals surface area contributed by atoms with Gasteiger partial charge in [-0.15, -0.1) is 0 Å². The summed E-state index contributed by atoms with van der Waals surface area (Å²) in [6.45, 7) is 4.25. The summed E-state index contributed by atoms with van der Waals surface area (Å²) in [6, 6.07) is 0. The SMILES string of the molecule is CCCC(C)(O)CNc1nc(NC)nc(N(C)C)n1. The van der Waals surface area contributed by atoms with Crippen LogP contribution in [0.2, 0.25) is 0 Å². The van der Waals surface area contributed by atoms with Crippen LogP contribution in [0, 0.1) is 0 Å². The normalized spacial score (nSPS) is 13.8. The van der Waals surface area contributed by atoms with E-state index in [1.54, 1.807) is 18.9 Å². The highest BCUT2D eigenvalue weighted by atomic mass is 16.3. The van der Waals surface area contributed by atoms with E-state index in [1.165, 1.54) is 0 Å². The van der Waals surface area contributed by atoms with Crippen molar-refractivity contribution in [3.05, 3.63) is 0 Å². The Bertz CT molecular complexity index is 407. The highest BCUT2D eigenvalue weighted by molar-refractivity contribution is 5.42. The van der Waals surface area contributed by atoms with Crippen LogP contribution >= 0.6 is 0 Å².